The van der Waals surface area contributed by atoms with Crippen molar-refractivity contribution >= 4 is 28.8 Å². The molecule has 0 fully saturated rings. The van der Waals surface area contributed by atoms with Crippen molar-refractivity contribution in [2.24, 2.45) is 0 Å². The zero-order valence-corrected chi connectivity index (χ0v) is 14.9. The number of anilines is 2. The molecule has 0 radical (unpaired) electrons. The van der Waals surface area contributed by atoms with Crippen molar-refractivity contribution < 1.29 is 4.79 Å². The van der Waals surface area contributed by atoms with Crippen molar-refractivity contribution in [1.82, 2.24) is 39.1 Å². The summed E-state index contributed by atoms with van der Waals surface area (Å²) in [6, 6.07) is 3.59. The first-order valence-electron chi connectivity index (χ1n) is 8.38. The summed E-state index contributed by atoms with van der Waals surface area (Å²) < 4.78 is 4.91. The fourth-order valence-electron chi connectivity index (χ4n) is 2.84. The Balaban J connectivity index is 1.64. The van der Waals surface area contributed by atoms with Crippen LogP contribution in [0.4, 0.5) is 11.8 Å². The first kappa shape index (κ1) is 16.7. The van der Waals surface area contributed by atoms with Crippen LogP contribution in [0.5, 0.6) is 0 Å². The quantitative estimate of drug-likeness (QED) is 0.532. The van der Waals surface area contributed by atoms with Crippen LogP contribution in [0.25, 0.3) is 17.0 Å². The number of nitrogens with two attached hydrogens (primary N) is 1. The molecule has 27 heavy (non-hydrogen) atoms. The van der Waals surface area contributed by atoms with Crippen LogP contribution in [0.2, 0.25) is 0 Å². The van der Waals surface area contributed by atoms with Gasteiger partial charge in [-0.3, -0.25) is 4.79 Å². The van der Waals surface area contributed by atoms with E-state index in [1.54, 1.807) is 32.4 Å². The van der Waals surface area contributed by atoms with Crippen LogP contribution < -0.4 is 11.1 Å². The molecule has 0 aliphatic carbocycles. The summed E-state index contributed by atoms with van der Waals surface area (Å²) in [5.74, 6) is 0.966. The topological polar surface area (TPSA) is 134 Å². The van der Waals surface area contributed by atoms with E-state index in [-0.39, 0.29) is 18.4 Å². The van der Waals surface area contributed by atoms with Gasteiger partial charge in [-0.05, 0) is 19.9 Å². The summed E-state index contributed by atoms with van der Waals surface area (Å²) >= 11 is 0. The van der Waals surface area contributed by atoms with Crippen molar-refractivity contribution in [2.75, 3.05) is 11.1 Å². The first-order valence-corrected chi connectivity index (χ1v) is 8.38. The van der Waals surface area contributed by atoms with E-state index in [9.17, 15) is 4.79 Å². The van der Waals surface area contributed by atoms with Crippen molar-refractivity contribution in [1.29, 1.82) is 0 Å². The van der Waals surface area contributed by atoms with Crippen LogP contribution in [0.1, 0.15) is 12.6 Å². The number of hydrogen-bond donors (Lipinski definition) is 2. The molecule has 0 spiro atoms. The van der Waals surface area contributed by atoms with Gasteiger partial charge in [0.1, 0.15) is 12.4 Å². The molecule has 0 aromatic carbocycles. The Labute approximate surface area is 153 Å². The largest absolute Gasteiger partial charge is 0.368 e. The Morgan fingerprint density at radius 3 is 2.93 bits per heavy atom. The molecule has 0 saturated carbocycles. The van der Waals surface area contributed by atoms with Crippen LogP contribution >= 0.6 is 0 Å². The number of carbonyl (C=O) groups is 1. The molecule has 11 heteroatoms. The van der Waals surface area contributed by atoms with E-state index in [0.29, 0.717) is 29.3 Å². The predicted octanol–water partition coefficient (Wildman–Crippen LogP) is 0.758. The first-order chi connectivity index (χ1) is 13.0. The Bertz CT molecular complexity index is 1110. The van der Waals surface area contributed by atoms with Gasteiger partial charge in [-0.25, -0.2) is 14.3 Å². The molecule has 0 atom stereocenters. The number of rotatable bonds is 5. The van der Waals surface area contributed by atoms with Gasteiger partial charge in [0.25, 0.3) is 0 Å². The van der Waals surface area contributed by atoms with Crippen LogP contribution in [0, 0.1) is 6.92 Å². The number of aryl methyl sites for hydroxylation is 2. The lowest BCUT2D eigenvalue weighted by Crippen LogP contribution is -2.20. The van der Waals surface area contributed by atoms with E-state index in [0.717, 1.165) is 5.69 Å². The second kappa shape index (κ2) is 6.52. The minimum atomic E-state index is -0.221. The van der Waals surface area contributed by atoms with E-state index in [1.807, 2.05) is 19.9 Å². The Morgan fingerprint density at radius 1 is 1.33 bits per heavy atom. The van der Waals surface area contributed by atoms with Crippen molar-refractivity contribution in [3.05, 3.63) is 36.5 Å². The smallest absolute Gasteiger partial charge is 0.245 e. The molecule has 4 aromatic heterocycles. The summed E-state index contributed by atoms with van der Waals surface area (Å²) in [4.78, 5) is 25.3. The summed E-state index contributed by atoms with van der Waals surface area (Å²) in [5, 5.41) is 11.3. The predicted molar refractivity (Wildman–Crippen MR) is 98.1 cm³/mol. The molecule has 11 nitrogen and oxygen atoms in total. The SMILES string of the molecule is CCn1nc(C)cc1NC(=O)Cn1cnc2c(-n3cccn3)nc(N)nc21. The molecule has 0 bridgehead atoms. The number of nitrogen functional groups attached to an aromatic ring is 1. The summed E-state index contributed by atoms with van der Waals surface area (Å²) in [6.45, 7) is 4.53. The van der Waals surface area contributed by atoms with Crippen molar-refractivity contribution in [3.8, 4) is 5.82 Å². The van der Waals surface area contributed by atoms with Gasteiger partial charge in [0.05, 0.1) is 12.0 Å². The van der Waals surface area contributed by atoms with E-state index >= 15 is 0 Å². The Kier molecular flexibility index (Phi) is 4.03. The van der Waals surface area contributed by atoms with Crippen molar-refractivity contribution in [2.45, 2.75) is 26.9 Å². The Hall–Kier alpha value is -3.76. The summed E-state index contributed by atoms with van der Waals surface area (Å²) in [7, 11) is 0. The summed E-state index contributed by atoms with van der Waals surface area (Å²) in [5.41, 5.74) is 7.65. The molecule has 0 aliphatic rings. The number of nitrogens with zero attached hydrogens (tertiary/aromatic N) is 8. The number of nitrogens with one attached hydrogen (secondary N) is 1. The number of aromatic nitrogens is 8. The molecular weight excluding hydrogens is 348 g/mol. The summed E-state index contributed by atoms with van der Waals surface area (Å²) in [6.07, 6.45) is 4.91. The van der Waals surface area contributed by atoms with Gasteiger partial charge in [0.2, 0.25) is 11.9 Å². The number of imidazole rings is 1. The van der Waals surface area contributed by atoms with Gasteiger partial charge in [0, 0.05) is 25.0 Å². The number of carbonyl (C=O) groups excluding carboxylic acids is 1. The number of fused-ring (bicyclic) bond motifs is 1. The molecule has 4 heterocycles. The second-order valence-corrected chi connectivity index (χ2v) is 5.94. The van der Waals surface area contributed by atoms with Gasteiger partial charge in [-0.2, -0.15) is 20.2 Å². The normalized spacial score (nSPS) is 11.2. The Morgan fingerprint density at radius 2 is 2.19 bits per heavy atom. The molecular formula is C16H18N10O. The zero-order chi connectivity index (χ0) is 19.0. The van der Waals surface area contributed by atoms with Gasteiger partial charge >= 0.3 is 0 Å². The molecule has 4 rings (SSSR count). The lowest BCUT2D eigenvalue weighted by molar-refractivity contribution is -0.116. The lowest BCUT2D eigenvalue weighted by atomic mass is 10.4. The highest BCUT2D eigenvalue weighted by Gasteiger charge is 2.16. The van der Waals surface area contributed by atoms with Crippen molar-refractivity contribution in [3.63, 3.8) is 0 Å². The number of amides is 1. The maximum atomic E-state index is 12.5. The monoisotopic (exact) mass is 366 g/mol. The highest BCUT2D eigenvalue weighted by molar-refractivity contribution is 5.91. The fraction of sp³-hybridized carbons (Fsp3) is 0.250. The van der Waals surface area contributed by atoms with Gasteiger partial charge in [-0.1, -0.05) is 0 Å². The lowest BCUT2D eigenvalue weighted by Gasteiger charge is -2.08. The van der Waals surface area contributed by atoms with Crippen LogP contribution in [0.15, 0.2) is 30.9 Å². The molecule has 3 N–H and O–H groups in total. The maximum absolute atomic E-state index is 12.5. The van der Waals surface area contributed by atoms with E-state index in [4.69, 9.17) is 5.73 Å². The molecule has 0 unspecified atom stereocenters. The van der Waals surface area contributed by atoms with Crippen LogP contribution in [0.3, 0.4) is 0 Å². The van der Waals surface area contributed by atoms with Gasteiger partial charge < -0.3 is 15.6 Å². The standard InChI is InChI=1S/C16H18N10O/c1-3-25-11(7-10(2)23-25)20-12(27)8-24-9-18-13-14(24)21-16(17)22-15(13)26-6-4-5-19-26/h4-7,9H,3,8H2,1-2H3,(H,20,27)(H2,17,21,22). The van der Waals surface area contributed by atoms with E-state index in [1.165, 1.54) is 6.33 Å². The highest BCUT2D eigenvalue weighted by Crippen LogP contribution is 2.18. The molecule has 4 aromatic rings. The molecule has 0 aliphatic heterocycles. The second-order valence-electron chi connectivity index (χ2n) is 5.94. The van der Waals surface area contributed by atoms with E-state index in [2.05, 4.69) is 30.5 Å². The fourth-order valence-corrected chi connectivity index (χ4v) is 2.84. The van der Waals surface area contributed by atoms with Gasteiger partial charge in [-0.15, -0.1) is 0 Å². The molecule has 1 amide bonds. The van der Waals surface area contributed by atoms with Crippen LogP contribution in [-0.4, -0.2) is 45.0 Å². The minimum Gasteiger partial charge on any atom is -0.368 e. The third-order valence-electron chi connectivity index (χ3n) is 3.97. The average molecular weight is 366 g/mol. The van der Waals surface area contributed by atoms with Crippen LogP contribution in [-0.2, 0) is 17.9 Å². The zero-order valence-electron chi connectivity index (χ0n) is 14.9. The third kappa shape index (κ3) is 3.10. The average Bonchev–Trinajstić information content (AvgIpc) is 3.35. The van der Waals surface area contributed by atoms with Gasteiger partial charge in [0.15, 0.2) is 17.0 Å². The third-order valence-corrected chi connectivity index (χ3v) is 3.97. The number of hydrogen-bond acceptors (Lipinski definition) is 7. The minimum absolute atomic E-state index is 0.0272. The molecule has 138 valence electrons. The highest BCUT2D eigenvalue weighted by atomic mass is 16.2. The van der Waals surface area contributed by atoms with E-state index < -0.39 is 0 Å². The molecule has 0 saturated heterocycles. The maximum Gasteiger partial charge on any atom is 0.245 e.